The molecule has 0 spiro atoms. The lowest BCUT2D eigenvalue weighted by Gasteiger charge is -2.21. The van der Waals surface area contributed by atoms with Crippen molar-refractivity contribution in [3.05, 3.63) is 29.6 Å². The van der Waals surface area contributed by atoms with Crippen molar-refractivity contribution in [2.45, 2.75) is 26.3 Å². The van der Waals surface area contributed by atoms with E-state index in [0.29, 0.717) is 12.2 Å². The SMILES string of the molecule is CCOc1ccc(C(N)C(CC)CO)cc1F. The Balaban J connectivity index is 2.88. The first-order valence-electron chi connectivity index (χ1n) is 5.92. The van der Waals surface area contributed by atoms with Gasteiger partial charge in [-0.1, -0.05) is 13.0 Å². The van der Waals surface area contributed by atoms with E-state index in [0.717, 1.165) is 6.42 Å². The highest BCUT2D eigenvalue weighted by Gasteiger charge is 2.18. The molecular formula is C13H20FNO2. The zero-order valence-electron chi connectivity index (χ0n) is 10.3. The molecule has 0 saturated carbocycles. The molecule has 0 heterocycles. The Morgan fingerprint density at radius 2 is 2.12 bits per heavy atom. The van der Waals surface area contributed by atoms with Gasteiger partial charge >= 0.3 is 0 Å². The van der Waals surface area contributed by atoms with Gasteiger partial charge in [0, 0.05) is 18.6 Å². The van der Waals surface area contributed by atoms with Crippen molar-refractivity contribution in [3.8, 4) is 5.75 Å². The smallest absolute Gasteiger partial charge is 0.165 e. The van der Waals surface area contributed by atoms with Crippen LogP contribution in [-0.2, 0) is 0 Å². The maximum atomic E-state index is 13.6. The van der Waals surface area contributed by atoms with Gasteiger partial charge in [0.2, 0.25) is 0 Å². The van der Waals surface area contributed by atoms with Crippen molar-refractivity contribution in [1.82, 2.24) is 0 Å². The minimum absolute atomic E-state index is 0.00645. The Morgan fingerprint density at radius 3 is 2.59 bits per heavy atom. The van der Waals surface area contributed by atoms with Crippen LogP contribution in [0.1, 0.15) is 31.9 Å². The van der Waals surface area contributed by atoms with E-state index in [-0.39, 0.29) is 24.3 Å². The number of ether oxygens (including phenoxy) is 1. The van der Waals surface area contributed by atoms with Gasteiger partial charge in [-0.15, -0.1) is 0 Å². The lowest BCUT2D eigenvalue weighted by molar-refractivity contribution is 0.200. The second-order valence-electron chi connectivity index (χ2n) is 4.00. The van der Waals surface area contributed by atoms with Gasteiger partial charge in [-0.2, -0.15) is 0 Å². The largest absolute Gasteiger partial charge is 0.491 e. The van der Waals surface area contributed by atoms with Crippen LogP contribution in [0.15, 0.2) is 18.2 Å². The van der Waals surface area contributed by atoms with Crippen molar-refractivity contribution < 1.29 is 14.2 Å². The molecule has 3 nitrogen and oxygen atoms in total. The Bertz CT molecular complexity index is 353. The molecule has 0 fully saturated rings. The summed E-state index contributed by atoms with van der Waals surface area (Å²) in [5.74, 6) is -0.222. The van der Waals surface area contributed by atoms with Crippen LogP contribution in [0.3, 0.4) is 0 Å². The van der Waals surface area contributed by atoms with Crippen LogP contribution in [0.5, 0.6) is 5.75 Å². The summed E-state index contributed by atoms with van der Waals surface area (Å²) in [4.78, 5) is 0. The number of halogens is 1. The summed E-state index contributed by atoms with van der Waals surface area (Å²) in [6.45, 7) is 4.19. The molecule has 1 rings (SSSR count). The summed E-state index contributed by atoms with van der Waals surface area (Å²) in [7, 11) is 0. The zero-order valence-corrected chi connectivity index (χ0v) is 10.3. The zero-order chi connectivity index (χ0) is 12.8. The van der Waals surface area contributed by atoms with Gasteiger partial charge in [-0.25, -0.2) is 4.39 Å². The van der Waals surface area contributed by atoms with Crippen molar-refractivity contribution in [3.63, 3.8) is 0 Å². The topological polar surface area (TPSA) is 55.5 Å². The predicted octanol–water partition coefficient (Wildman–Crippen LogP) is 2.24. The van der Waals surface area contributed by atoms with Crippen molar-refractivity contribution in [2.24, 2.45) is 11.7 Å². The highest BCUT2D eigenvalue weighted by atomic mass is 19.1. The fourth-order valence-corrected chi connectivity index (χ4v) is 1.77. The number of nitrogens with two attached hydrogens (primary N) is 1. The number of rotatable bonds is 6. The highest BCUT2D eigenvalue weighted by molar-refractivity contribution is 5.31. The first-order valence-corrected chi connectivity index (χ1v) is 5.92. The van der Waals surface area contributed by atoms with Gasteiger partial charge in [0.25, 0.3) is 0 Å². The van der Waals surface area contributed by atoms with E-state index in [9.17, 15) is 4.39 Å². The lowest BCUT2D eigenvalue weighted by atomic mass is 9.92. The van der Waals surface area contributed by atoms with E-state index in [2.05, 4.69) is 0 Å². The van der Waals surface area contributed by atoms with Crippen LogP contribution in [-0.4, -0.2) is 18.3 Å². The highest BCUT2D eigenvalue weighted by Crippen LogP contribution is 2.26. The first kappa shape index (κ1) is 13.9. The Morgan fingerprint density at radius 1 is 1.41 bits per heavy atom. The second kappa shape index (κ2) is 6.57. The molecule has 0 bridgehead atoms. The maximum absolute atomic E-state index is 13.6. The van der Waals surface area contributed by atoms with Crippen LogP contribution < -0.4 is 10.5 Å². The number of hydrogen-bond acceptors (Lipinski definition) is 3. The Kier molecular flexibility index (Phi) is 5.38. The average molecular weight is 241 g/mol. The second-order valence-corrected chi connectivity index (χ2v) is 4.00. The standard InChI is InChI=1S/C13H20FNO2/c1-3-9(8-16)13(15)10-5-6-12(17-4-2)11(14)7-10/h5-7,9,13,16H,3-4,8,15H2,1-2H3. The van der Waals surface area contributed by atoms with Gasteiger partial charge in [-0.05, 0) is 31.0 Å². The molecule has 0 aliphatic rings. The molecule has 0 aromatic heterocycles. The van der Waals surface area contributed by atoms with E-state index < -0.39 is 5.82 Å². The monoisotopic (exact) mass is 241 g/mol. The summed E-state index contributed by atoms with van der Waals surface area (Å²) < 4.78 is 18.7. The molecule has 1 aromatic rings. The quantitative estimate of drug-likeness (QED) is 0.803. The van der Waals surface area contributed by atoms with Crippen molar-refractivity contribution in [2.75, 3.05) is 13.2 Å². The van der Waals surface area contributed by atoms with Crippen LogP contribution in [0.25, 0.3) is 0 Å². The number of hydrogen-bond donors (Lipinski definition) is 2. The predicted molar refractivity (Wildman–Crippen MR) is 65.4 cm³/mol. The summed E-state index contributed by atoms with van der Waals surface area (Å²) >= 11 is 0. The molecule has 4 heteroatoms. The molecule has 0 saturated heterocycles. The van der Waals surface area contributed by atoms with E-state index in [1.165, 1.54) is 6.07 Å². The minimum Gasteiger partial charge on any atom is -0.491 e. The van der Waals surface area contributed by atoms with Gasteiger partial charge in [-0.3, -0.25) is 0 Å². The maximum Gasteiger partial charge on any atom is 0.165 e. The summed E-state index contributed by atoms with van der Waals surface area (Å²) in [5.41, 5.74) is 6.67. The van der Waals surface area contributed by atoms with Gasteiger partial charge in [0.15, 0.2) is 11.6 Å². The Hall–Kier alpha value is -1.13. The van der Waals surface area contributed by atoms with Gasteiger partial charge in [0.05, 0.1) is 6.61 Å². The van der Waals surface area contributed by atoms with E-state index >= 15 is 0 Å². The van der Waals surface area contributed by atoms with E-state index in [1.54, 1.807) is 19.1 Å². The molecule has 0 amide bonds. The molecule has 1 aromatic carbocycles. The molecule has 0 aliphatic carbocycles. The first-order chi connectivity index (χ1) is 8.13. The molecule has 3 N–H and O–H groups in total. The van der Waals surface area contributed by atoms with Gasteiger partial charge < -0.3 is 15.6 Å². The van der Waals surface area contributed by atoms with Crippen LogP contribution in [0.4, 0.5) is 4.39 Å². The molecule has 17 heavy (non-hydrogen) atoms. The van der Waals surface area contributed by atoms with Crippen molar-refractivity contribution >= 4 is 0 Å². The number of aliphatic hydroxyl groups excluding tert-OH is 1. The van der Waals surface area contributed by atoms with Crippen LogP contribution in [0.2, 0.25) is 0 Å². The third-order valence-corrected chi connectivity index (χ3v) is 2.91. The van der Waals surface area contributed by atoms with Crippen LogP contribution in [0, 0.1) is 11.7 Å². The molecule has 2 atom stereocenters. The molecule has 96 valence electrons. The average Bonchev–Trinajstić information content (AvgIpc) is 2.33. The summed E-state index contributed by atoms with van der Waals surface area (Å²) in [6, 6.07) is 4.36. The van der Waals surface area contributed by atoms with E-state index in [1.807, 2.05) is 6.92 Å². The molecular weight excluding hydrogens is 221 g/mol. The van der Waals surface area contributed by atoms with Crippen molar-refractivity contribution in [1.29, 1.82) is 0 Å². The van der Waals surface area contributed by atoms with Gasteiger partial charge in [0.1, 0.15) is 0 Å². The summed E-state index contributed by atoms with van der Waals surface area (Å²) in [5, 5.41) is 9.17. The van der Waals surface area contributed by atoms with Crippen LogP contribution >= 0.6 is 0 Å². The summed E-state index contributed by atoms with van der Waals surface area (Å²) in [6.07, 6.45) is 0.756. The third kappa shape index (κ3) is 3.41. The number of benzene rings is 1. The molecule has 0 radical (unpaired) electrons. The molecule has 2 unspecified atom stereocenters. The van der Waals surface area contributed by atoms with E-state index in [4.69, 9.17) is 15.6 Å². The fraction of sp³-hybridized carbons (Fsp3) is 0.538. The molecule has 0 aliphatic heterocycles. The fourth-order valence-electron chi connectivity index (χ4n) is 1.77. The normalized spacial score (nSPS) is 14.4. The third-order valence-electron chi connectivity index (χ3n) is 2.91. The lowest BCUT2D eigenvalue weighted by Crippen LogP contribution is -2.23. The number of aliphatic hydroxyl groups is 1. The minimum atomic E-state index is -0.410. The Labute approximate surface area is 101 Å².